The van der Waals surface area contributed by atoms with E-state index < -0.39 is 10.8 Å². The molecule has 3 atom stereocenters. The van der Waals surface area contributed by atoms with Crippen molar-refractivity contribution in [3.05, 3.63) is 24.3 Å². The second kappa shape index (κ2) is 7.06. The normalized spacial score (nSPS) is 24.3. The Hall–Kier alpha value is -0.870. The molecule has 1 saturated carbocycles. The molecule has 2 rings (SSSR count). The third kappa shape index (κ3) is 3.80. The summed E-state index contributed by atoms with van der Waals surface area (Å²) in [6, 6.07) is 8.17. The van der Waals surface area contributed by atoms with Crippen molar-refractivity contribution in [3.8, 4) is 5.75 Å². The number of hydrogen-bond donors (Lipinski definition) is 1. The van der Waals surface area contributed by atoms with Gasteiger partial charge in [-0.25, -0.2) is 0 Å². The van der Waals surface area contributed by atoms with Crippen LogP contribution in [0.1, 0.15) is 25.7 Å². The molecule has 1 aliphatic rings. The molecule has 106 valence electrons. The van der Waals surface area contributed by atoms with Crippen LogP contribution in [0, 0.1) is 5.92 Å². The van der Waals surface area contributed by atoms with Crippen molar-refractivity contribution in [3.63, 3.8) is 0 Å². The van der Waals surface area contributed by atoms with Gasteiger partial charge in [0.05, 0.1) is 17.9 Å². The van der Waals surface area contributed by atoms with Crippen LogP contribution in [0.5, 0.6) is 5.75 Å². The van der Waals surface area contributed by atoms with E-state index in [1.807, 2.05) is 31.3 Å². The van der Waals surface area contributed by atoms with E-state index in [0.717, 1.165) is 22.8 Å². The van der Waals surface area contributed by atoms with Crippen LogP contribution in [-0.2, 0) is 10.8 Å². The average molecular weight is 281 g/mol. The van der Waals surface area contributed by atoms with E-state index >= 15 is 0 Å². The van der Waals surface area contributed by atoms with Gasteiger partial charge in [-0.3, -0.25) is 4.21 Å². The molecule has 3 unspecified atom stereocenters. The minimum atomic E-state index is -0.890. The Labute approximate surface area is 118 Å². The fourth-order valence-corrected chi connectivity index (χ4v) is 4.06. The molecule has 1 N–H and O–H groups in total. The predicted octanol–water partition coefficient (Wildman–Crippen LogP) is 2.58. The predicted molar refractivity (Wildman–Crippen MR) is 79.1 cm³/mol. The molecule has 1 fully saturated rings. The molecule has 0 spiro atoms. The summed E-state index contributed by atoms with van der Waals surface area (Å²) in [6.45, 7) is 0. The zero-order valence-electron chi connectivity index (χ0n) is 11.7. The molecular weight excluding hydrogens is 258 g/mol. The first-order valence-corrected chi connectivity index (χ1v) is 8.26. The van der Waals surface area contributed by atoms with Gasteiger partial charge in [0.15, 0.2) is 0 Å². The summed E-state index contributed by atoms with van der Waals surface area (Å²) in [5, 5.41) is 3.38. The highest BCUT2D eigenvalue weighted by atomic mass is 32.2. The van der Waals surface area contributed by atoms with E-state index in [9.17, 15) is 4.21 Å². The van der Waals surface area contributed by atoms with Crippen molar-refractivity contribution in [2.24, 2.45) is 5.92 Å². The third-order valence-electron chi connectivity index (χ3n) is 4.03. The molecule has 0 aromatic heterocycles. The Morgan fingerprint density at radius 2 is 2.05 bits per heavy atom. The van der Waals surface area contributed by atoms with Gasteiger partial charge >= 0.3 is 0 Å². The van der Waals surface area contributed by atoms with Crippen molar-refractivity contribution in [1.82, 2.24) is 5.32 Å². The quantitative estimate of drug-likeness (QED) is 0.871. The summed E-state index contributed by atoms with van der Waals surface area (Å²) in [4.78, 5) is 0.903. The molecule has 0 radical (unpaired) electrons. The van der Waals surface area contributed by atoms with E-state index in [2.05, 4.69) is 5.32 Å². The molecular formula is C15H23NO2S. The van der Waals surface area contributed by atoms with Gasteiger partial charge in [0, 0.05) is 16.7 Å². The van der Waals surface area contributed by atoms with Crippen molar-refractivity contribution in [2.75, 3.05) is 19.9 Å². The van der Waals surface area contributed by atoms with Crippen LogP contribution >= 0.6 is 0 Å². The van der Waals surface area contributed by atoms with Crippen molar-refractivity contribution < 1.29 is 8.95 Å². The zero-order valence-corrected chi connectivity index (χ0v) is 12.5. The maximum absolute atomic E-state index is 12.2. The second-order valence-electron chi connectivity index (χ2n) is 5.10. The lowest BCUT2D eigenvalue weighted by Gasteiger charge is -2.18. The van der Waals surface area contributed by atoms with E-state index in [-0.39, 0.29) is 0 Å². The van der Waals surface area contributed by atoms with Gasteiger partial charge < -0.3 is 10.1 Å². The first kappa shape index (κ1) is 14.5. The summed E-state index contributed by atoms with van der Waals surface area (Å²) < 4.78 is 17.4. The smallest absolute Gasteiger partial charge is 0.118 e. The number of rotatable bonds is 6. The van der Waals surface area contributed by atoms with Gasteiger partial charge in [-0.1, -0.05) is 6.42 Å². The Bertz CT molecular complexity index is 419. The third-order valence-corrected chi connectivity index (χ3v) is 5.43. The minimum Gasteiger partial charge on any atom is -0.497 e. The molecule has 0 heterocycles. The van der Waals surface area contributed by atoms with Crippen LogP contribution in [0.2, 0.25) is 0 Å². The Morgan fingerprint density at radius 3 is 2.68 bits per heavy atom. The van der Waals surface area contributed by atoms with Crippen molar-refractivity contribution in [2.45, 2.75) is 36.6 Å². The van der Waals surface area contributed by atoms with Crippen LogP contribution in [-0.4, -0.2) is 30.2 Å². The number of hydrogen-bond acceptors (Lipinski definition) is 3. The number of benzene rings is 1. The lowest BCUT2D eigenvalue weighted by Crippen LogP contribution is -2.29. The average Bonchev–Trinajstić information content (AvgIpc) is 2.92. The minimum absolute atomic E-state index is 0.618. The lowest BCUT2D eigenvalue weighted by molar-refractivity contribution is 0.414. The van der Waals surface area contributed by atoms with Gasteiger partial charge in [-0.05, 0) is 56.5 Å². The molecule has 0 saturated heterocycles. The van der Waals surface area contributed by atoms with Crippen LogP contribution in [0.4, 0.5) is 0 Å². The standard InChI is InChI=1S/C15H23NO2S/c1-16-15-5-3-4-12(15)10-11-19(17)14-8-6-13(18-2)7-9-14/h6-9,12,15-16H,3-5,10-11H2,1-2H3. The van der Waals surface area contributed by atoms with E-state index in [0.29, 0.717) is 12.0 Å². The van der Waals surface area contributed by atoms with Gasteiger partial charge in [-0.15, -0.1) is 0 Å². The lowest BCUT2D eigenvalue weighted by atomic mass is 10.0. The van der Waals surface area contributed by atoms with Gasteiger partial charge in [0.2, 0.25) is 0 Å². The van der Waals surface area contributed by atoms with Gasteiger partial charge in [0.1, 0.15) is 5.75 Å². The fraction of sp³-hybridized carbons (Fsp3) is 0.600. The second-order valence-corrected chi connectivity index (χ2v) is 6.67. The first-order chi connectivity index (χ1) is 9.24. The number of methoxy groups -OCH3 is 1. The van der Waals surface area contributed by atoms with Crippen LogP contribution < -0.4 is 10.1 Å². The molecule has 4 heteroatoms. The molecule has 1 aliphatic carbocycles. The Morgan fingerprint density at radius 1 is 1.32 bits per heavy atom. The van der Waals surface area contributed by atoms with E-state index in [1.165, 1.54) is 19.3 Å². The molecule has 0 amide bonds. The summed E-state index contributed by atoms with van der Waals surface area (Å²) in [7, 11) is 2.78. The highest BCUT2D eigenvalue weighted by Crippen LogP contribution is 2.28. The van der Waals surface area contributed by atoms with Gasteiger partial charge in [0.25, 0.3) is 0 Å². The SMILES string of the molecule is CNC1CCCC1CCS(=O)c1ccc(OC)cc1. The highest BCUT2D eigenvalue weighted by molar-refractivity contribution is 7.85. The van der Waals surface area contributed by atoms with Crippen LogP contribution in [0.3, 0.4) is 0 Å². The fourth-order valence-electron chi connectivity index (χ4n) is 2.87. The van der Waals surface area contributed by atoms with Crippen LogP contribution in [0.15, 0.2) is 29.2 Å². The molecule has 19 heavy (non-hydrogen) atoms. The molecule has 3 nitrogen and oxygen atoms in total. The first-order valence-electron chi connectivity index (χ1n) is 6.94. The van der Waals surface area contributed by atoms with E-state index in [1.54, 1.807) is 7.11 Å². The van der Waals surface area contributed by atoms with Crippen molar-refractivity contribution >= 4 is 10.8 Å². The molecule has 1 aromatic rings. The van der Waals surface area contributed by atoms with Crippen molar-refractivity contribution in [1.29, 1.82) is 0 Å². The number of ether oxygens (including phenoxy) is 1. The van der Waals surface area contributed by atoms with Gasteiger partial charge in [-0.2, -0.15) is 0 Å². The maximum atomic E-state index is 12.2. The summed E-state index contributed by atoms with van der Waals surface area (Å²) in [6.07, 6.45) is 4.87. The highest BCUT2D eigenvalue weighted by Gasteiger charge is 2.25. The summed E-state index contributed by atoms with van der Waals surface area (Å²) >= 11 is 0. The summed E-state index contributed by atoms with van der Waals surface area (Å²) in [5.41, 5.74) is 0. The zero-order chi connectivity index (χ0) is 13.7. The monoisotopic (exact) mass is 281 g/mol. The number of nitrogens with one attached hydrogen (secondary N) is 1. The topological polar surface area (TPSA) is 38.3 Å². The molecule has 0 bridgehead atoms. The Kier molecular flexibility index (Phi) is 5.40. The van der Waals surface area contributed by atoms with Crippen LogP contribution in [0.25, 0.3) is 0 Å². The molecule has 1 aromatic carbocycles. The maximum Gasteiger partial charge on any atom is 0.118 e. The largest absolute Gasteiger partial charge is 0.497 e. The molecule has 0 aliphatic heterocycles. The summed E-state index contributed by atoms with van der Waals surface area (Å²) in [5.74, 6) is 2.26. The Balaban J connectivity index is 1.86. The van der Waals surface area contributed by atoms with E-state index in [4.69, 9.17) is 4.74 Å².